The minimum absolute atomic E-state index is 0.691. The molecule has 1 heteroatoms. The van der Waals surface area contributed by atoms with E-state index in [9.17, 15) is 0 Å². The highest BCUT2D eigenvalue weighted by Gasteiger charge is 2.02. The zero-order valence-electron chi connectivity index (χ0n) is 9.75. The van der Waals surface area contributed by atoms with E-state index in [0.717, 1.165) is 12.8 Å². The molecule has 0 aliphatic heterocycles. The van der Waals surface area contributed by atoms with Gasteiger partial charge in [-0.1, -0.05) is 33.8 Å². The van der Waals surface area contributed by atoms with Crippen LogP contribution in [-0.4, -0.2) is 4.98 Å². The van der Waals surface area contributed by atoms with Crippen molar-refractivity contribution >= 4 is 0 Å². The van der Waals surface area contributed by atoms with Gasteiger partial charge >= 0.3 is 0 Å². The number of hydrogen-bond acceptors (Lipinski definition) is 1. The molecule has 0 bridgehead atoms. The quantitative estimate of drug-likeness (QED) is 0.710. The van der Waals surface area contributed by atoms with Crippen LogP contribution < -0.4 is 0 Å². The molecule has 1 aromatic rings. The van der Waals surface area contributed by atoms with E-state index in [1.165, 1.54) is 11.4 Å². The van der Waals surface area contributed by atoms with Crippen LogP contribution in [0.15, 0.2) is 18.2 Å². The van der Waals surface area contributed by atoms with E-state index in [1.54, 1.807) is 0 Å². The maximum atomic E-state index is 4.65. The van der Waals surface area contributed by atoms with Crippen molar-refractivity contribution in [1.82, 2.24) is 4.98 Å². The van der Waals surface area contributed by atoms with E-state index in [2.05, 4.69) is 50.9 Å². The Morgan fingerprint density at radius 2 is 1.36 bits per heavy atom. The second-order valence-electron chi connectivity index (χ2n) is 4.82. The summed E-state index contributed by atoms with van der Waals surface area (Å²) < 4.78 is 0. The molecule has 0 saturated carbocycles. The Bertz CT molecular complexity index is 251. The Morgan fingerprint density at radius 3 is 1.71 bits per heavy atom. The Hall–Kier alpha value is -0.850. The smallest absolute Gasteiger partial charge is 0.0409 e. The molecule has 1 heterocycles. The first-order chi connectivity index (χ1) is 6.58. The van der Waals surface area contributed by atoms with Crippen LogP contribution >= 0.6 is 0 Å². The van der Waals surface area contributed by atoms with Crippen molar-refractivity contribution in [3.8, 4) is 0 Å². The van der Waals surface area contributed by atoms with Gasteiger partial charge in [0, 0.05) is 11.4 Å². The molecule has 1 nitrogen and oxygen atoms in total. The van der Waals surface area contributed by atoms with Gasteiger partial charge in [0.1, 0.15) is 0 Å². The number of pyridine rings is 1. The highest BCUT2D eigenvalue weighted by molar-refractivity contribution is 5.12. The number of hydrogen-bond donors (Lipinski definition) is 0. The van der Waals surface area contributed by atoms with Crippen LogP contribution in [0.3, 0.4) is 0 Å². The molecule has 1 rings (SSSR count). The van der Waals surface area contributed by atoms with Gasteiger partial charge in [0.25, 0.3) is 0 Å². The molecule has 14 heavy (non-hydrogen) atoms. The fourth-order valence-electron chi connectivity index (χ4n) is 1.59. The van der Waals surface area contributed by atoms with E-state index in [0.29, 0.717) is 11.8 Å². The van der Waals surface area contributed by atoms with Gasteiger partial charge in [0.2, 0.25) is 0 Å². The van der Waals surface area contributed by atoms with Gasteiger partial charge in [0.15, 0.2) is 0 Å². The second kappa shape index (κ2) is 5.14. The van der Waals surface area contributed by atoms with Gasteiger partial charge in [-0.25, -0.2) is 0 Å². The summed E-state index contributed by atoms with van der Waals surface area (Å²) in [6, 6.07) is 6.38. The lowest BCUT2D eigenvalue weighted by atomic mass is 10.0. The van der Waals surface area contributed by atoms with Crippen LogP contribution in [0.5, 0.6) is 0 Å². The van der Waals surface area contributed by atoms with Crippen LogP contribution in [0, 0.1) is 11.8 Å². The summed E-state index contributed by atoms with van der Waals surface area (Å²) in [4.78, 5) is 4.65. The number of aromatic nitrogens is 1. The topological polar surface area (TPSA) is 12.9 Å². The molecular formula is C13H21N. The van der Waals surface area contributed by atoms with Gasteiger partial charge in [-0.05, 0) is 36.8 Å². The average Bonchev–Trinajstić information content (AvgIpc) is 2.01. The summed E-state index contributed by atoms with van der Waals surface area (Å²) in [5.41, 5.74) is 2.47. The first-order valence-corrected chi connectivity index (χ1v) is 5.52. The molecule has 1 aromatic heterocycles. The molecule has 0 aliphatic rings. The number of nitrogens with zero attached hydrogens (tertiary/aromatic N) is 1. The fourth-order valence-corrected chi connectivity index (χ4v) is 1.59. The lowest BCUT2D eigenvalue weighted by molar-refractivity contribution is 0.613. The van der Waals surface area contributed by atoms with Crippen molar-refractivity contribution < 1.29 is 0 Å². The first-order valence-electron chi connectivity index (χ1n) is 5.52. The molecule has 0 amide bonds. The Morgan fingerprint density at radius 1 is 0.929 bits per heavy atom. The number of rotatable bonds is 4. The molecule has 0 N–H and O–H groups in total. The molecule has 0 aromatic carbocycles. The average molecular weight is 191 g/mol. The van der Waals surface area contributed by atoms with E-state index in [4.69, 9.17) is 0 Å². The SMILES string of the molecule is CC(C)Cc1cccc(CC(C)C)n1. The van der Waals surface area contributed by atoms with Crippen LogP contribution in [0.4, 0.5) is 0 Å². The minimum Gasteiger partial charge on any atom is -0.258 e. The molecular weight excluding hydrogens is 170 g/mol. The summed E-state index contributed by atoms with van der Waals surface area (Å²) in [6.07, 6.45) is 2.18. The van der Waals surface area contributed by atoms with Crippen molar-refractivity contribution in [3.63, 3.8) is 0 Å². The third-order valence-corrected chi connectivity index (χ3v) is 2.10. The van der Waals surface area contributed by atoms with Gasteiger partial charge in [-0.3, -0.25) is 4.98 Å². The maximum absolute atomic E-state index is 4.65. The van der Waals surface area contributed by atoms with Crippen LogP contribution in [0.25, 0.3) is 0 Å². The standard InChI is InChI=1S/C13H21N/c1-10(2)8-12-6-5-7-13(14-12)9-11(3)4/h5-7,10-11H,8-9H2,1-4H3. The van der Waals surface area contributed by atoms with Crippen molar-refractivity contribution in [2.45, 2.75) is 40.5 Å². The second-order valence-corrected chi connectivity index (χ2v) is 4.82. The molecule has 0 saturated heterocycles. The summed E-state index contributed by atoms with van der Waals surface area (Å²) in [7, 11) is 0. The zero-order valence-corrected chi connectivity index (χ0v) is 9.75. The Labute approximate surface area is 87.6 Å². The maximum Gasteiger partial charge on any atom is 0.0409 e. The minimum atomic E-state index is 0.691. The van der Waals surface area contributed by atoms with E-state index in [1.807, 2.05) is 0 Å². The monoisotopic (exact) mass is 191 g/mol. The normalized spacial score (nSPS) is 11.3. The van der Waals surface area contributed by atoms with Crippen molar-refractivity contribution in [2.75, 3.05) is 0 Å². The summed E-state index contributed by atoms with van der Waals surface area (Å²) in [6.45, 7) is 8.93. The van der Waals surface area contributed by atoms with Crippen LogP contribution in [0.2, 0.25) is 0 Å². The molecule has 0 aliphatic carbocycles. The Kier molecular flexibility index (Phi) is 4.12. The summed E-state index contributed by atoms with van der Waals surface area (Å²) in [5.74, 6) is 1.38. The molecule has 0 radical (unpaired) electrons. The van der Waals surface area contributed by atoms with E-state index >= 15 is 0 Å². The van der Waals surface area contributed by atoms with Crippen molar-refractivity contribution in [3.05, 3.63) is 29.6 Å². The lowest BCUT2D eigenvalue weighted by Crippen LogP contribution is -2.02. The van der Waals surface area contributed by atoms with Crippen LogP contribution in [0.1, 0.15) is 39.1 Å². The van der Waals surface area contributed by atoms with Crippen LogP contribution in [-0.2, 0) is 12.8 Å². The Balaban J connectivity index is 2.68. The summed E-state index contributed by atoms with van der Waals surface area (Å²) in [5, 5.41) is 0. The highest BCUT2D eigenvalue weighted by atomic mass is 14.7. The van der Waals surface area contributed by atoms with E-state index in [-0.39, 0.29) is 0 Å². The molecule has 0 fully saturated rings. The van der Waals surface area contributed by atoms with Crippen molar-refractivity contribution in [1.29, 1.82) is 0 Å². The first kappa shape index (κ1) is 11.2. The summed E-state index contributed by atoms with van der Waals surface area (Å²) >= 11 is 0. The van der Waals surface area contributed by atoms with Gasteiger partial charge in [0.05, 0.1) is 0 Å². The molecule has 0 unspecified atom stereocenters. The zero-order chi connectivity index (χ0) is 10.6. The highest BCUT2D eigenvalue weighted by Crippen LogP contribution is 2.09. The lowest BCUT2D eigenvalue weighted by Gasteiger charge is -2.08. The fraction of sp³-hybridized carbons (Fsp3) is 0.615. The molecule has 0 atom stereocenters. The predicted octanol–water partition coefficient (Wildman–Crippen LogP) is 3.48. The predicted molar refractivity (Wildman–Crippen MR) is 61.3 cm³/mol. The molecule has 0 spiro atoms. The van der Waals surface area contributed by atoms with Crippen molar-refractivity contribution in [2.24, 2.45) is 11.8 Å². The molecule has 78 valence electrons. The van der Waals surface area contributed by atoms with E-state index < -0.39 is 0 Å². The van der Waals surface area contributed by atoms with Gasteiger partial charge in [-0.2, -0.15) is 0 Å². The van der Waals surface area contributed by atoms with Gasteiger partial charge in [-0.15, -0.1) is 0 Å². The third-order valence-electron chi connectivity index (χ3n) is 2.10. The largest absolute Gasteiger partial charge is 0.258 e. The van der Waals surface area contributed by atoms with Gasteiger partial charge < -0.3 is 0 Å². The third kappa shape index (κ3) is 3.91.